The van der Waals surface area contributed by atoms with Gasteiger partial charge in [-0.3, -0.25) is 14.3 Å². The Morgan fingerprint density at radius 2 is 1.00 bits per heavy atom. The third-order valence-corrected chi connectivity index (χ3v) is 4.43. The van der Waals surface area contributed by atoms with E-state index in [-0.39, 0.29) is 18.0 Å². The van der Waals surface area contributed by atoms with Crippen molar-refractivity contribution in [3.05, 3.63) is 0 Å². The molecule has 0 bridgehead atoms. The first kappa shape index (κ1) is 32.2. The SMILES string of the molecule is CN1CCN(C(=O)[C@@](F)(OC(F)(F)[C@@](F)(OC(F)(F)C(F)(F)C(F)(F)F)C(F)(F)F)C(F)(F)F)CC1. The number of ether oxygens (including phenoxy) is 2. The van der Waals surface area contributed by atoms with E-state index in [1.165, 1.54) is 16.7 Å². The Labute approximate surface area is 187 Å². The van der Waals surface area contributed by atoms with Crippen LogP contribution in [-0.2, 0) is 14.3 Å². The normalized spacial score (nSPS) is 21.2. The second kappa shape index (κ2) is 9.17. The van der Waals surface area contributed by atoms with Crippen molar-refractivity contribution in [2.75, 3.05) is 33.2 Å². The highest BCUT2D eigenvalue weighted by atomic mass is 19.4. The van der Waals surface area contributed by atoms with Crippen LogP contribution < -0.4 is 0 Å². The number of amides is 1. The maximum atomic E-state index is 14.5. The van der Waals surface area contributed by atoms with Gasteiger partial charge in [0.25, 0.3) is 5.91 Å². The minimum atomic E-state index is -8.01. The monoisotopic (exact) mass is 578 g/mol. The molecule has 1 fully saturated rings. The lowest BCUT2D eigenvalue weighted by molar-refractivity contribution is -0.548. The second-order valence-electron chi connectivity index (χ2n) is 7.09. The van der Waals surface area contributed by atoms with Crippen LogP contribution in [0, 0.1) is 0 Å². The van der Waals surface area contributed by atoms with Crippen molar-refractivity contribution in [1.29, 1.82) is 0 Å². The summed E-state index contributed by atoms with van der Waals surface area (Å²) in [4.78, 5) is 12.9. The van der Waals surface area contributed by atoms with Gasteiger partial charge in [-0.25, -0.2) is 0 Å². The van der Waals surface area contributed by atoms with E-state index in [1.54, 1.807) is 0 Å². The molecular formula is C14H11F17N2O3. The maximum Gasteiger partial charge on any atom is 0.462 e. The summed E-state index contributed by atoms with van der Waals surface area (Å²) in [6, 6.07) is 0. The Morgan fingerprint density at radius 3 is 1.33 bits per heavy atom. The molecule has 0 aliphatic carbocycles. The Morgan fingerprint density at radius 1 is 0.583 bits per heavy atom. The van der Waals surface area contributed by atoms with Crippen molar-refractivity contribution in [2.24, 2.45) is 0 Å². The molecule has 0 N–H and O–H groups in total. The minimum Gasteiger partial charge on any atom is -0.335 e. The summed E-state index contributed by atoms with van der Waals surface area (Å²) in [5, 5.41) is 0. The molecule has 0 radical (unpaired) electrons. The van der Waals surface area contributed by atoms with E-state index >= 15 is 0 Å². The topological polar surface area (TPSA) is 42.0 Å². The lowest BCUT2D eigenvalue weighted by atomic mass is 10.2. The number of halogens is 17. The molecule has 2 atom stereocenters. The summed E-state index contributed by atoms with van der Waals surface area (Å²) in [7, 11) is 1.29. The number of hydrogen-bond donors (Lipinski definition) is 0. The molecule has 214 valence electrons. The van der Waals surface area contributed by atoms with Gasteiger partial charge in [-0.2, -0.15) is 74.6 Å². The molecule has 1 aliphatic rings. The van der Waals surface area contributed by atoms with E-state index in [0.717, 1.165) is 0 Å². The summed E-state index contributed by atoms with van der Waals surface area (Å²) < 4.78 is 226. The molecular weight excluding hydrogens is 567 g/mol. The van der Waals surface area contributed by atoms with E-state index in [4.69, 9.17) is 0 Å². The highest BCUT2D eigenvalue weighted by Crippen LogP contribution is 2.56. The van der Waals surface area contributed by atoms with Crippen LogP contribution in [0.1, 0.15) is 0 Å². The number of likely N-dealkylation sites (N-methyl/N-ethyl adjacent to an activating group) is 1. The summed E-state index contributed by atoms with van der Waals surface area (Å²) in [6.45, 7) is -2.60. The molecule has 0 aromatic heterocycles. The lowest BCUT2D eigenvalue weighted by Gasteiger charge is -2.41. The minimum absolute atomic E-state index is 0.260. The van der Waals surface area contributed by atoms with Gasteiger partial charge in [0.1, 0.15) is 0 Å². The third-order valence-electron chi connectivity index (χ3n) is 4.43. The summed E-state index contributed by atoms with van der Waals surface area (Å²) in [5.41, 5.74) is 0. The van der Waals surface area contributed by atoms with Crippen LogP contribution in [0.3, 0.4) is 0 Å². The van der Waals surface area contributed by atoms with Crippen molar-refractivity contribution in [2.45, 2.75) is 48.4 Å². The highest BCUT2D eigenvalue weighted by Gasteiger charge is 2.85. The van der Waals surface area contributed by atoms with Gasteiger partial charge in [0.15, 0.2) is 0 Å². The van der Waals surface area contributed by atoms with Crippen molar-refractivity contribution < 1.29 is 88.9 Å². The number of rotatable bonds is 7. The molecule has 1 saturated heterocycles. The average Bonchev–Trinajstić information content (AvgIpc) is 2.64. The molecule has 0 spiro atoms. The van der Waals surface area contributed by atoms with Crippen molar-refractivity contribution in [1.82, 2.24) is 9.80 Å². The zero-order chi connectivity index (χ0) is 29.0. The van der Waals surface area contributed by atoms with E-state index in [2.05, 4.69) is 4.74 Å². The zero-order valence-corrected chi connectivity index (χ0v) is 16.9. The first-order chi connectivity index (χ1) is 15.6. The number of nitrogens with zero attached hydrogens (tertiary/aromatic N) is 2. The molecule has 1 amide bonds. The Bertz CT molecular complexity index is 802. The van der Waals surface area contributed by atoms with E-state index in [9.17, 15) is 79.4 Å². The molecule has 22 heteroatoms. The smallest absolute Gasteiger partial charge is 0.335 e. The Balaban J connectivity index is 3.59. The van der Waals surface area contributed by atoms with Crippen LogP contribution in [0.25, 0.3) is 0 Å². The van der Waals surface area contributed by atoms with Crippen LogP contribution in [0.15, 0.2) is 0 Å². The largest absolute Gasteiger partial charge is 0.462 e. The molecule has 0 saturated carbocycles. The zero-order valence-electron chi connectivity index (χ0n) is 16.9. The number of hydrogen-bond acceptors (Lipinski definition) is 4. The fourth-order valence-corrected chi connectivity index (χ4v) is 2.37. The van der Waals surface area contributed by atoms with E-state index in [1.807, 2.05) is 0 Å². The summed E-state index contributed by atoms with van der Waals surface area (Å²) in [5.74, 6) is -25.8. The van der Waals surface area contributed by atoms with Crippen LogP contribution in [0.5, 0.6) is 0 Å². The average molecular weight is 578 g/mol. The van der Waals surface area contributed by atoms with Crippen LogP contribution in [0.2, 0.25) is 0 Å². The molecule has 1 rings (SSSR count). The van der Waals surface area contributed by atoms with E-state index in [0.29, 0.717) is 0 Å². The van der Waals surface area contributed by atoms with Gasteiger partial charge >= 0.3 is 48.4 Å². The van der Waals surface area contributed by atoms with E-state index < -0.39 is 67.4 Å². The van der Waals surface area contributed by atoms with Gasteiger partial charge < -0.3 is 9.80 Å². The van der Waals surface area contributed by atoms with Crippen LogP contribution in [-0.4, -0.2) is 97.3 Å². The molecule has 1 aliphatic heterocycles. The first-order valence-corrected chi connectivity index (χ1v) is 8.67. The Kier molecular flexibility index (Phi) is 8.20. The second-order valence-corrected chi connectivity index (χ2v) is 7.09. The van der Waals surface area contributed by atoms with Gasteiger partial charge in [0.05, 0.1) is 0 Å². The predicted molar refractivity (Wildman–Crippen MR) is 76.9 cm³/mol. The fraction of sp³-hybridized carbons (Fsp3) is 0.929. The molecule has 5 nitrogen and oxygen atoms in total. The quantitative estimate of drug-likeness (QED) is 0.414. The van der Waals surface area contributed by atoms with Gasteiger partial charge in [-0.05, 0) is 7.05 Å². The molecule has 36 heavy (non-hydrogen) atoms. The van der Waals surface area contributed by atoms with Crippen LogP contribution in [0.4, 0.5) is 74.6 Å². The standard InChI is InChI=1S/C14H11F17N2O3/c1-32-2-4-33(5-3-32)6(34)7(15,10(19,20)21)35-14(30,31)9(18,12(25,26)27)36-13(28,29)8(16,17)11(22,23)24/h2-5H2,1H3/t7-,9+/m1/s1. The van der Waals surface area contributed by atoms with Crippen LogP contribution >= 0.6 is 0 Å². The van der Waals surface area contributed by atoms with Gasteiger partial charge in [-0.1, -0.05) is 0 Å². The maximum absolute atomic E-state index is 14.5. The summed E-state index contributed by atoms with van der Waals surface area (Å²) >= 11 is 0. The Hall–Kier alpha value is -1.84. The number of alkyl halides is 17. The third kappa shape index (κ3) is 5.53. The number of carbonyl (C=O) groups is 1. The predicted octanol–water partition coefficient (Wildman–Crippen LogP) is 4.63. The molecule has 1 heterocycles. The molecule has 0 aromatic carbocycles. The number of carbonyl (C=O) groups excluding carboxylic acids is 1. The number of piperazine rings is 1. The van der Waals surface area contributed by atoms with Gasteiger partial charge in [0, 0.05) is 26.2 Å². The first-order valence-electron chi connectivity index (χ1n) is 8.67. The van der Waals surface area contributed by atoms with Crippen molar-refractivity contribution in [3.8, 4) is 0 Å². The highest BCUT2D eigenvalue weighted by molar-refractivity contribution is 5.84. The summed E-state index contributed by atoms with van der Waals surface area (Å²) in [6.07, 6.45) is -38.3. The van der Waals surface area contributed by atoms with Crippen molar-refractivity contribution in [3.63, 3.8) is 0 Å². The lowest BCUT2D eigenvalue weighted by Crippen LogP contribution is -2.69. The van der Waals surface area contributed by atoms with Crippen molar-refractivity contribution >= 4 is 5.91 Å². The van der Waals surface area contributed by atoms with Gasteiger partial charge in [-0.15, -0.1) is 0 Å². The fourth-order valence-electron chi connectivity index (χ4n) is 2.37. The van der Waals surface area contributed by atoms with Gasteiger partial charge in [0.2, 0.25) is 0 Å². The molecule has 0 aromatic rings. The molecule has 0 unspecified atom stereocenters.